The Morgan fingerprint density at radius 2 is 2.14 bits per heavy atom. The number of aromatic nitrogens is 3. The second-order valence-electron chi connectivity index (χ2n) is 4.58. The summed E-state index contributed by atoms with van der Waals surface area (Å²) < 4.78 is 7.72. The normalized spacial score (nSPS) is 10.4. The molecular weight excluding hydrogens is 343 g/mol. The van der Waals surface area contributed by atoms with E-state index in [0.29, 0.717) is 18.2 Å². The lowest BCUT2D eigenvalue weighted by molar-refractivity contribution is 0.341. The molecule has 0 unspecified atom stereocenters. The van der Waals surface area contributed by atoms with E-state index >= 15 is 0 Å². The third-order valence-electron chi connectivity index (χ3n) is 3.02. The third kappa shape index (κ3) is 4.78. The maximum Gasteiger partial charge on any atom is 0.191 e. The average Bonchev–Trinajstić information content (AvgIpc) is 2.79. The second kappa shape index (κ2) is 9.25. The van der Waals surface area contributed by atoms with E-state index in [0.717, 1.165) is 34.5 Å². The molecule has 22 heavy (non-hydrogen) atoms. The van der Waals surface area contributed by atoms with Crippen molar-refractivity contribution >= 4 is 35.8 Å². The third-order valence-corrected chi connectivity index (χ3v) is 4.30. The van der Waals surface area contributed by atoms with Gasteiger partial charge in [0.1, 0.15) is 11.6 Å². The zero-order valence-corrected chi connectivity index (χ0v) is 15.0. The molecule has 0 radical (unpaired) electrons. The number of aryl methyl sites for hydroxylation is 1. The largest absolute Gasteiger partial charge is 0.491 e. The van der Waals surface area contributed by atoms with Crippen molar-refractivity contribution in [3.63, 3.8) is 0 Å². The first-order valence-electron chi connectivity index (χ1n) is 6.72. The molecular formula is C14H20Cl2N4OS. The van der Waals surface area contributed by atoms with E-state index in [-0.39, 0.29) is 12.4 Å². The number of thioether (sulfide) groups is 1. The number of benzene rings is 1. The number of nitrogens with two attached hydrogens (primary N) is 1. The predicted molar refractivity (Wildman–Crippen MR) is 93.4 cm³/mol. The molecule has 0 fully saturated rings. The Kier molecular flexibility index (Phi) is 8.03. The van der Waals surface area contributed by atoms with Crippen LogP contribution >= 0.6 is 35.8 Å². The van der Waals surface area contributed by atoms with Crippen molar-refractivity contribution in [2.24, 2.45) is 12.8 Å². The molecule has 0 bridgehead atoms. The van der Waals surface area contributed by atoms with Crippen molar-refractivity contribution in [2.45, 2.75) is 18.5 Å². The minimum Gasteiger partial charge on any atom is -0.491 e. The maximum absolute atomic E-state index is 6.12. The van der Waals surface area contributed by atoms with Gasteiger partial charge in [-0.3, -0.25) is 0 Å². The van der Waals surface area contributed by atoms with Crippen LogP contribution in [0.1, 0.15) is 11.4 Å². The Labute approximate surface area is 146 Å². The summed E-state index contributed by atoms with van der Waals surface area (Å²) in [4.78, 5) is 0. The zero-order chi connectivity index (χ0) is 15.2. The van der Waals surface area contributed by atoms with Gasteiger partial charge in [-0.15, -0.1) is 22.6 Å². The number of nitrogens with zero attached hydrogens (tertiary/aromatic N) is 3. The fourth-order valence-electron chi connectivity index (χ4n) is 1.89. The van der Waals surface area contributed by atoms with Crippen molar-refractivity contribution in [1.29, 1.82) is 0 Å². The number of hydrogen-bond donors (Lipinski definition) is 1. The van der Waals surface area contributed by atoms with Crippen molar-refractivity contribution in [3.8, 4) is 5.75 Å². The molecule has 0 aliphatic rings. The van der Waals surface area contributed by atoms with Crippen LogP contribution in [-0.2, 0) is 13.5 Å². The number of hydrogen-bond acceptors (Lipinski definition) is 5. The van der Waals surface area contributed by atoms with Crippen LogP contribution in [0.3, 0.4) is 0 Å². The summed E-state index contributed by atoms with van der Waals surface area (Å²) in [5, 5.41) is 9.79. The van der Waals surface area contributed by atoms with Gasteiger partial charge in [0.05, 0.1) is 11.6 Å². The molecule has 122 valence electrons. The molecule has 2 N–H and O–H groups in total. The summed E-state index contributed by atoms with van der Waals surface area (Å²) in [5.74, 6) is 2.43. The molecule has 2 aromatic rings. The number of ether oxygens (including phenoxy) is 1. The number of halogens is 2. The van der Waals surface area contributed by atoms with Crippen LogP contribution in [-0.4, -0.2) is 33.7 Å². The van der Waals surface area contributed by atoms with Gasteiger partial charge >= 0.3 is 0 Å². The Balaban J connectivity index is 0.00000242. The van der Waals surface area contributed by atoms with Gasteiger partial charge in [0.25, 0.3) is 0 Å². The summed E-state index contributed by atoms with van der Waals surface area (Å²) in [6.07, 6.45) is 0.735. The lowest BCUT2D eigenvalue weighted by atomic mass is 10.2. The molecule has 0 amide bonds. The first kappa shape index (κ1) is 19.1. The van der Waals surface area contributed by atoms with E-state index < -0.39 is 0 Å². The van der Waals surface area contributed by atoms with Crippen LogP contribution in [0.5, 0.6) is 5.75 Å². The van der Waals surface area contributed by atoms with Crippen molar-refractivity contribution in [2.75, 3.05) is 18.9 Å². The summed E-state index contributed by atoms with van der Waals surface area (Å²) in [5.41, 5.74) is 6.57. The first-order chi connectivity index (χ1) is 10.1. The highest BCUT2D eigenvalue weighted by molar-refractivity contribution is 7.99. The Bertz CT molecular complexity index is 586. The molecule has 5 nitrogen and oxygen atoms in total. The molecule has 8 heteroatoms. The number of rotatable bonds is 7. The highest BCUT2D eigenvalue weighted by atomic mass is 35.5. The van der Waals surface area contributed by atoms with Gasteiger partial charge in [0, 0.05) is 19.2 Å². The van der Waals surface area contributed by atoms with Crippen molar-refractivity contribution in [3.05, 3.63) is 34.6 Å². The van der Waals surface area contributed by atoms with Gasteiger partial charge in [0.15, 0.2) is 5.16 Å². The Morgan fingerprint density at radius 1 is 1.36 bits per heavy atom. The summed E-state index contributed by atoms with van der Waals surface area (Å²) in [6, 6.07) is 5.73. The summed E-state index contributed by atoms with van der Waals surface area (Å²) in [6.45, 7) is 3.12. The van der Waals surface area contributed by atoms with E-state index in [2.05, 4.69) is 10.2 Å². The van der Waals surface area contributed by atoms with Crippen LogP contribution in [0, 0.1) is 6.92 Å². The second-order valence-corrected chi connectivity index (χ2v) is 6.05. The van der Waals surface area contributed by atoms with Crippen LogP contribution in [0.15, 0.2) is 23.4 Å². The van der Waals surface area contributed by atoms with E-state index in [1.807, 2.05) is 36.7 Å². The van der Waals surface area contributed by atoms with E-state index in [9.17, 15) is 0 Å². The average molecular weight is 363 g/mol. The molecule has 0 aliphatic heterocycles. The molecule has 0 spiro atoms. The smallest absolute Gasteiger partial charge is 0.191 e. The van der Waals surface area contributed by atoms with E-state index in [1.165, 1.54) is 0 Å². The quantitative estimate of drug-likeness (QED) is 0.605. The molecule has 0 aliphatic carbocycles. The van der Waals surface area contributed by atoms with Gasteiger partial charge in [0.2, 0.25) is 0 Å². The van der Waals surface area contributed by atoms with Gasteiger partial charge < -0.3 is 15.0 Å². The lowest BCUT2D eigenvalue weighted by Gasteiger charge is -2.10. The molecule has 0 atom stereocenters. The van der Waals surface area contributed by atoms with Crippen molar-refractivity contribution in [1.82, 2.24) is 14.8 Å². The Morgan fingerprint density at radius 3 is 2.82 bits per heavy atom. The van der Waals surface area contributed by atoms with Crippen LogP contribution in [0.2, 0.25) is 5.02 Å². The van der Waals surface area contributed by atoms with Gasteiger partial charge in [-0.1, -0.05) is 35.5 Å². The predicted octanol–water partition coefficient (Wildman–Crippen LogP) is 2.87. The van der Waals surface area contributed by atoms with Crippen LogP contribution in [0.4, 0.5) is 0 Å². The fourth-order valence-corrected chi connectivity index (χ4v) is 2.92. The van der Waals surface area contributed by atoms with Gasteiger partial charge in [-0.2, -0.15) is 0 Å². The van der Waals surface area contributed by atoms with Crippen LogP contribution < -0.4 is 10.5 Å². The van der Waals surface area contributed by atoms with Crippen LogP contribution in [0.25, 0.3) is 0 Å². The molecule has 1 aromatic carbocycles. The molecule has 1 aromatic heterocycles. The molecule has 2 rings (SSSR count). The first-order valence-corrected chi connectivity index (χ1v) is 8.09. The minimum atomic E-state index is 0. The number of para-hydroxylation sites is 1. The SMILES string of the molecule is Cc1cccc(Cl)c1OCCSc1nnc(CCN)n1C.Cl. The Hall–Kier alpha value is -0.950. The van der Waals surface area contributed by atoms with Gasteiger partial charge in [-0.05, 0) is 25.1 Å². The fraction of sp³-hybridized carbons (Fsp3) is 0.429. The highest BCUT2D eigenvalue weighted by Gasteiger charge is 2.09. The summed E-state index contributed by atoms with van der Waals surface area (Å²) >= 11 is 7.72. The summed E-state index contributed by atoms with van der Waals surface area (Å²) in [7, 11) is 1.95. The standard InChI is InChI=1S/C14H19ClN4OS.ClH/c1-10-4-3-5-11(15)13(10)20-8-9-21-14-18-17-12(6-7-16)19(14)2;/h3-5H,6-9,16H2,1-2H3;1H. The molecule has 0 saturated carbocycles. The minimum absolute atomic E-state index is 0. The lowest BCUT2D eigenvalue weighted by Crippen LogP contribution is -2.08. The molecule has 1 heterocycles. The topological polar surface area (TPSA) is 66.0 Å². The van der Waals surface area contributed by atoms with Crippen molar-refractivity contribution < 1.29 is 4.74 Å². The maximum atomic E-state index is 6.12. The monoisotopic (exact) mass is 362 g/mol. The van der Waals surface area contributed by atoms with E-state index in [1.54, 1.807) is 11.8 Å². The highest BCUT2D eigenvalue weighted by Crippen LogP contribution is 2.28. The molecule has 0 saturated heterocycles. The van der Waals surface area contributed by atoms with Gasteiger partial charge in [-0.25, -0.2) is 0 Å². The van der Waals surface area contributed by atoms with E-state index in [4.69, 9.17) is 22.1 Å². The zero-order valence-electron chi connectivity index (χ0n) is 12.6.